The molecule has 0 unspecified atom stereocenters. The number of aromatic carboxylic acids is 1. The zero-order valence-corrected chi connectivity index (χ0v) is 9.40. The molecule has 0 saturated carbocycles. The minimum atomic E-state index is -0.986. The number of carbonyl (C=O) groups is 1. The second-order valence-electron chi connectivity index (χ2n) is 3.13. The normalized spacial score (nSPS) is 9.82. The van der Waals surface area contributed by atoms with Gasteiger partial charge < -0.3 is 9.52 Å². The van der Waals surface area contributed by atoms with Crippen LogP contribution in [0.25, 0.3) is 0 Å². The Kier molecular flexibility index (Phi) is 3.17. The Morgan fingerprint density at radius 1 is 1.29 bits per heavy atom. The topological polar surface area (TPSA) is 74.2 Å². The minimum Gasteiger partial charge on any atom is -0.478 e. The van der Waals surface area contributed by atoms with E-state index in [1.54, 1.807) is 30.3 Å². The summed E-state index contributed by atoms with van der Waals surface area (Å²) < 4.78 is 5.18. The number of hydrogen-bond acceptors (Lipinski definition) is 4. The van der Waals surface area contributed by atoms with E-state index in [1.807, 2.05) is 6.07 Å². The fourth-order valence-electron chi connectivity index (χ4n) is 1.28. The fourth-order valence-corrected chi connectivity index (χ4v) is 2.17. The molecule has 2 rings (SSSR count). The van der Waals surface area contributed by atoms with Crippen molar-refractivity contribution in [1.29, 1.82) is 5.26 Å². The molecule has 4 nitrogen and oxygen atoms in total. The molecular formula is C12H7NO3S. The molecule has 0 amide bonds. The van der Waals surface area contributed by atoms with Gasteiger partial charge >= 0.3 is 5.97 Å². The van der Waals surface area contributed by atoms with Crippen LogP contribution in [-0.4, -0.2) is 11.1 Å². The summed E-state index contributed by atoms with van der Waals surface area (Å²) in [7, 11) is 0. The predicted molar refractivity (Wildman–Crippen MR) is 60.9 cm³/mol. The molecule has 2 aromatic rings. The lowest BCUT2D eigenvalue weighted by molar-refractivity contribution is 0.0693. The van der Waals surface area contributed by atoms with Crippen LogP contribution >= 0.6 is 11.8 Å². The Balaban J connectivity index is 2.30. The molecule has 84 valence electrons. The number of carboxylic acid groups (broad SMARTS) is 1. The van der Waals surface area contributed by atoms with Crippen LogP contribution in [0.3, 0.4) is 0 Å². The van der Waals surface area contributed by atoms with Gasteiger partial charge in [0, 0.05) is 4.90 Å². The Hall–Kier alpha value is -2.19. The molecule has 0 atom stereocenters. The molecule has 1 aromatic heterocycles. The maximum Gasteiger partial charge on any atom is 0.336 e. The van der Waals surface area contributed by atoms with E-state index < -0.39 is 5.97 Å². The molecule has 0 aliphatic heterocycles. The Morgan fingerprint density at radius 3 is 2.71 bits per heavy atom. The quantitative estimate of drug-likeness (QED) is 0.899. The molecule has 0 radical (unpaired) electrons. The van der Waals surface area contributed by atoms with Crippen LogP contribution in [0, 0.1) is 11.3 Å². The molecule has 1 N–H and O–H groups in total. The predicted octanol–water partition coefficient (Wildman–Crippen LogP) is 3.00. The van der Waals surface area contributed by atoms with Crippen molar-refractivity contribution >= 4 is 17.7 Å². The molecule has 1 heterocycles. The number of nitriles is 1. The van der Waals surface area contributed by atoms with E-state index in [2.05, 4.69) is 0 Å². The number of nitrogens with zero attached hydrogens (tertiary/aromatic N) is 1. The van der Waals surface area contributed by atoms with Crippen LogP contribution in [-0.2, 0) is 0 Å². The summed E-state index contributed by atoms with van der Waals surface area (Å²) in [5.74, 6) is -0.777. The van der Waals surface area contributed by atoms with Crippen molar-refractivity contribution < 1.29 is 14.3 Å². The monoisotopic (exact) mass is 245 g/mol. The standard InChI is InChI=1S/C12H7NO3S/c13-7-8-5-6-11(16-8)17-10-4-2-1-3-9(10)12(14)15/h1-6H,(H,14,15). The maximum atomic E-state index is 11.0. The van der Waals surface area contributed by atoms with Gasteiger partial charge in [0.1, 0.15) is 6.07 Å². The molecule has 0 aliphatic carbocycles. The van der Waals surface area contributed by atoms with Gasteiger partial charge in [-0.05, 0) is 24.3 Å². The molecule has 1 aromatic carbocycles. The van der Waals surface area contributed by atoms with Gasteiger partial charge in [-0.15, -0.1) is 0 Å². The van der Waals surface area contributed by atoms with E-state index in [4.69, 9.17) is 14.8 Å². The number of benzene rings is 1. The lowest BCUT2D eigenvalue weighted by Crippen LogP contribution is -1.97. The smallest absolute Gasteiger partial charge is 0.336 e. The number of carboxylic acids is 1. The highest BCUT2D eigenvalue weighted by Crippen LogP contribution is 2.31. The summed E-state index contributed by atoms with van der Waals surface area (Å²) in [5, 5.41) is 18.1. The molecule has 0 bridgehead atoms. The van der Waals surface area contributed by atoms with Gasteiger partial charge in [0.15, 0.2) is 5.09 Å². The van der Waals surface area contributed by atoms with E-state index >= 15 is 0 Å². The summed E-state index contributed by atoms with van der Waals surface area (Å²) >= 11 is 1.18. The molecule has 0 saturated heterocycles. The molecule has 0 aliphatic rings. The van der Waals surface area contributed by atoms with Gasteiger partial charge in [-0.2, -0.15) is 5.26 Å². The minimum absolute atomic E-state index is 0.209. The van der Waals surface area contributed by atoms with Gasteiger partial charge in [0.05, 0.1) is 5.56 Å². The largest absolute Gasteiger partial charge is 0.478 e. The third-order valence-electron chi connectivity index (χ3n) is 2.02. The van der Waals surface area contributed by atoms with Crippen molar-refractivity contribution in [1.82, 2.24) is 0 Å². The first-order valence-electron chi connectivity index (χ1n) is 4.71. The average molecular weight is 245 g/mol. The first kappa shape index (κ1) is 11.3. The van der Waals surface area contributed by atoms with E-state index in [1.165, 1.54) is 17.8 Å². The van der Waals surface area contributed by atoms with Crippen molar-refractivity contribution in [3.8, 4) is 6.07 Å². The van der Waals surface area contributed by atoms with Crippen LogP contribution in [0.15, 0.2) is 50.8 Å². The van der Waals surface area contributed by atoms with E-state index in [9.17, 15) is 4.79 Å². The molecule has 17 heavy (non-hydrogen) atoms. The van der Waals surface area contributed by atoms with Crippen LogP contribution in [0.5, 0.6) is 0 Å². The summed E-state index contributed by atoms with van der Waals surface area (Å²) in [6.45, 7) is 0. The van der Waals surface area contributed by atoms with E-state index in [0.717, 1.165) is 0 Å². The highest BCUT2D eigenvalue weighted by molar-refractivity contribution is 7.99. The van der Waals surface area contributed by atoms with E-state index in [0.29, 0.717) is 9.99 Å². The third-order valence-corrected chi connectivity index (χ3v) is 3.02. The second-order valence-corrected chi connectivity index (χ2v) is 4.18. The van der Waals surface area contributed by atoms with Gasteiger partial charge in [-0.25, -0.2) is 4.79 Å². The summed E-state index contributed by atoms with van der Waals surface area (Å²) in [5.41, 5.74) is 0.215. The Labute approximate surface area is 101 Å². The summed E-state index contributed by atoms with van der Waals surface area (Å²) in [6.07, 6.45) is 0. The molecule has 0 spiro atoms. The molecular weight excluding hydrogens is 238 g/mol. The van der Waals surface area contributed by atoms with Crippen LogP contribution in [0.1, 0.15) is 16.1 Å². The number of rotatable bonds is 3. The zero-order chi connectivity index (χ0) is 12.3. The maximum absolute atomic E-state index is 11.0. The first-order chi connectivity index (χ1) is 8.20. The van der Waals surface area contributed by atoms with Crippen molar-refractivity contribution in [3.63, 3.8) is 0 Å². The zero-order valence-electron chi connectivity index (χ0n) is 8.58. The summed E-state index contributed by atoms with van der Waals surface area (Å²) in [6, 6.07) is 11.7. The van der Waals surface area contributed by atoms with Crippen LogP contribution in [0.4, 0.5) is 0 Å². The van der Waals surface area contributed by atoms with Gasteiger partial charge in [-0.3, -0.25) is 0 Å². The lowest BCUT2D eigenvalue weighted by atomic mass is 10.2. The van der Waals surface area contributed by atoms with Crippen LogP contribution in [0.2, 0.25) is 0 Å². The van der Waals surface area contributed by atoms with Crippen molar-refractivity contribution in [3.05, 3.63) is 47.7 Å². The average Bonchev–Trinajstić information content (AvgIpc) is 2.77. The Morgan fingerprint density at radius 2 is 2.06 bits per heavy atom. The van der Waals surface area contributed by atoms with Gasteiger partial charge in [0.2, 0.25) is 5.76 Å². The highest BCUT2D eigenvalue weighted by Gasteiger charge is 2.12. The van der Waals surface area contributed by atoms with Crippen molar-refractivity contribution in [2.75, 3.05) is 0 Å². The summed E-state index contributed by atoms with van der Waals surface area (Å²) in [4.78, 5) is 11.6. The molecule has 5 heteroatoms. The highest BCUT2D eigenvalue weighted by atomic mass is 32.2. The molecule has 0 fully saturated rings. The van der Waals surface area contributed by atoms with Gasteiger partial charge in [0.25, 0.3) is 0 Å². The second kappa shape index (κ2) is 4.76. The third kappa shape index (κ3) is 2.49. The van der Waals surface area contributed by atoms with E-state index in [-0.39, 0.29) is 11.3 Å². The van der Waals surface area contributed by atoms with Crippen molar-refractivity contribution in [2.45, 2.75) is 9.99 Å². The lowest BCUT2D eigenvalue weighted by Gasteiger charge is -2.02. The SMILES string of the molecule is N#Cc1ccc(Sc2ccccc2C(=O)O)o1. The van der Waals surface area contributed by atoms with Gasteiger partial charge in [-0.1, -0.05) is 23.9 Å². The number of hydrogen-bond donors (Lipinski definition) is 1. The Bertz CT molecular complexity index is 598. The van der Waals surface area contributed by atoms with Crippen LogP contribution < -0.4 is 0 Å². The van der Waals surface area contributed by atoms with Crippen molar-refractivity contribution in [2.24, 2.45) is 0 Å². The first-order valence-corrected chi connectivity index (χ1v) is 5.52. The fraction of sp³-hybridized carbons (Fsp3) is 0. The number of furan rings is 1.